The van der Waals surface area contributed by atoms with E-state index in [-0.39, 0.29) is 5.56 Å². The summed E-state index contributed by atoms with van der Waals surface area (Å²) < 4.78 is 0. The molecular formula is C14H10BrClO2. The van der Waals surface area contributed by atoms with Gasteiger partial charge in [0.2, 0.25) is 0 Å². The van der Waals surface area contributed by atoms with E-state index in [9.17, 15) is 4.79 Å². The van der Waals surface area contributed by atoms with Gasteiger partial charge >= 0.3 is 5.97 Å². The van der Waals surface area contributed by atoms with Crippen LogP contribution in [0.15, 0.2) is 42.5 Å². The van der Waals surface area contributed by atoms with Crippen molar-refractivity contribution in [2.24, 2.45) is 0 Å². The fraction of sp³-hybridized carbons (Fsp3) is 0.0714. The average Bonchev–Trinajstić information content (AvgIpc) is 2.39. The van der Waals surface area contributed by atoms with Crippen molar-refractivity contribution in [1.29, 1.82) is 0 Å². The third-order valence-electron chi connectivity index (χ3n) is 2.63. The van der Waals surface area contributed by atoms with Crippen LogP contribution in [0.1, 0.15) is 15.9 Å². The fourth-order valence-corrected chi connectivity index (χ4v) is 2.25. The second-order valence-corrected chi connectivity index (χ2v) is 4.80. The number of hydrogen-bond acceptors (Lipinski definition) is 1. The molecule has 0 unspecified atom stereocenters. The fourth-order valence-electron chi connectivity index (χ4n) is 1.65. The molecular weight excluding hydrogens is 316 g/mol. The lowest BCUT2D eigenvalue weighted by molar-refractivity contribution is 0.0697. The smallest absolute Gasteiger partial charge is 0.335 e. The number of alkyl halides is 1. The van der Waals surface area contributed by atoms with Gasteiger partial charge in [0.05, 0.1) is 5.56 Å². The minimum Gasteiger partial charge on any atom is -0.478 e. The molecule has 2 aromatic rings. The van der Waals surface area contributed by atoms with Gasteiger partial charge < -0.3 is 5.11 Å². The number of halogens is 2. The van der Waals surface area contributed by atoms with E-state index in [1.807, 2.05) is 24.3 Å². The normalized spacial score (nSPS) is 10.3. The van der Waals surface area contributed by atoms with Crippen molar-refractivity contribution < 1.29 is 9.90 Å². The first kappa shape index (κ1) is 13.1. The first-order valence-corrected chi connectivity index (χ1v) is 6.80. The molecule has 0 atom stereocenters. The zero-order chi connectivity index (χ0) is 13.1. The van der Waals surface area contributed by atoms with E-state index < -0.39 is 5.97 Å². The van der Waals surface area contributed by atoms with Crippen molar-refractivity contribution in [3.8, 4) is 11.1 Å². The van der Waals surface area contributed by atoms with E-state index in [0.717, 1.165) is 22.0 Å². The third-order valence-corrected chi connectivity index (χ3v) is 3.61. The molecule has 0 saturated heterocycles. The van der Waals surface area contributed by atoms with Crippen LogP contribution in [-0.2, 0) is 5.33 Å². The molecule has 0 radical (unpaired) electrons. The summed E-state index contributed by atoms with van der Waals surface area (Å²) in [5.74, 6) is -0.954. The molecule has 0 spiro atoms. The Balaban J connectivity index is 2.48. The number of carboxylic acid groups (broad SMARTS) is 1. The highest BCUT2D eigenvalue weighted by Crippen LogP contribution is 2.29. The topological polar surface area (TPSA) is 37.3 Å². The third kappa shape index (κ3) is 2.74. The lowest BCUT2D eigenvalue weighted by Gasteiger charge is -2.06. The van der Waals surface area contributed by atoms with Crippen LogP contribution in [0.3, 0.4) is 0 Å². The molecule has 0 aliphatic rings. The van der Waals surface area contributed by atoms with E-state index in [1.165, 1.54) is 6.07 Å². The summed E-state index contributed by atoms with van der Waals surface area (Å²) in [6.07, 6.45) is 0. The van der Waals surface area contributed by atoms with Gasteiger partial charge in [0, 0.05) is 15.9 Å². The van der Waals surface area contributed by atoms with Gasteiger partial charge in [-0.25, -0.2) is 4.79 Å². The standard InChI is InChI=1S/C14H10BrClO2/c15-8-9-1-3-10(4-2-9)12-7-11(14(17)18)5-6-13(12)16/h1-7H,8H2,(H,17,18). The monoisotopic (exact) mass is 324 g/mol. The average molecular weight is 326 g/mol. The van der Waals surface area contributed by atoms with E-state index in [0.29, 0.717) is 5.02 Å². The van der Waals surface area contributed by atoms with Crippen LogP contribution in [0, 0.1) is 0 Å². The van der Waals surface area contributed by atoms with Crippen LogP contribution in [-0.4, -0.2) is 11.1 Å². The molecule has 0 fully saturated rings. The lowest BCUT2D eigenvalue weighted by atomic mass is 10.0. The van der Waals surface area contributed by atoms with Crippen molar-refractivity contribution in [3.05, 3.63) is 58.6 Å². The Labute approximate surface area is 118 Å². The SMILES string of the molecule is O=C(O)c1ccc(Cl)c(-c2ccc(CBr)cc2)c1. The summed E-state index contributed by atoms with van der Waals surface area (Å²) in [6, 6.07) is 12.5. The molecule has 2 nitrogen and oxygen atoms in total. The number of aromatic carboxylic acids is 1. The molecule has 4 heteroatoms. The van der Waals surface area contributed by atoms with E-state index >= 15 is 0 Å². The van der Waals surface area contributed by atoms with Crippen LogP contribution < -0.4 is 0 Å². The van der Waals surface area contributed by atoms with Crippen molar-refractivity contribution in [2.75, 3.05) is 0 Å². The van der Waals surface area contributed by atoms with Gasteiger partial charge in [0.15, 0.2) is 0 Å². The van der Waals surface area contributed by atoms with Crippen LogP contribution in [0.5, 0.6) is 0 Å². The van der Waals surface area contributed by atoms with Gasteiger partial charge in [0.1, 0.15) is 0 Å². The van der Waals surface area contributed by atoms with Gasteiger partial charge in [-0.2, -0.15) is 0 Å². The van der Waals surface area contributed by atoms with Crippen molar-refractivity contribution in [3.63, 3.8) is 0 Å². The van der Waals surface area contributed by atoms with Gasteiger partial charge in [-0.3, -0.25) is 0 Å². The Hall–Kier alpha value is -1.32. The molecule has 0 amide bonds. The molecule has 0 aromatic heterocycles. The maximum atomic E-state index is 10.9. The second kappa shape index (κ2) is 5.55. The minimum atomic E-state index is -0.954. The van der Waals surface area contributed by atoms with Gasteiger partial charge in [-0.15, -0.1) is 0 Å². The molecule has 0 aliphatic heterocycles. The predicted octanol–water partition coefficient (Wildman–Crippen LogP) is 4.60. The Bertz CT molecular complexity index is 579. The summed E-state index contributed by atoms with van der Waals surface area (Å²) in [5.41, 5.74) is 3.04. The summed E-state index contributed by atoms with van der Waals surface area (Å²) >= 11 is 9.49. The summed E-state index contributed by atoms with van der Waals surface area (Å²) in [4.78, 5) is 10.9. The highest BCUT2D eigenvalue weighted by Gasteiger charge is 2.08. The Kier molecular flexibility index (Phi) is 4.04. The van der Waals surface area contributed by atoms with Gasteiger partial charge in [-0.05, 0) is 29.3 Å². The van der Waals surface area contributed by atoms with E-state index in [4.69, 9.17) is 16.7 Å². The molecule has 0 aliphatic carbocycles. The van der Waals surface area contributed by atoms with Gasteiger partial charge in [-0.1, -0.05) is 51.8 Å². The van der Waals surface area contributed by atoms with Crippen molar-refractivity contribution in [2.45, 2.75) is 5.33 Å². The number of hydrogen-bond donors (Lipinski definition) is 1. The summed E-state index contributed by atoms with van der Waals surface area (Å²) in [7, 11) is 0. The van der Waals surface area contributed by atoms with Crippen LogP contribution in [0.25, 0.3) is 11.1 Å². The highest BCUT2D eigenvalue weighted by atomic mass is 79.9. The molecule has 2 aromatic carbocycles. The largest absolute Gasteiger partial charge is 0.478 e. The number of carboxylic acids is 1. The molecule has 0 saturated carbocycles. The zero-order valence-electron chi connectivity index (χ0n) is 9.36. The number of benzene rings is 2. The van der Waals surface area contributed by atoms with Gasteiger partial charge in [0.25, 0.3) is 0 Å². The summed E-state index contributed by atoms with van der Waals surface area (Å²) in [6.45, 7) is 0. The highest BCUT2D eigenvalue weighted by molar-refractivity contribution is 9.08. The first-order valence-electron chi connectivity index (χ1n) is 5.30. The quantitative estimate of drug-likeness (QED) is 0.837. The molecule has 0 bridgehead atoms. The van der Waals surface area contributed by atoms with E-state index in [1.54, 1.807) is 12.1 Å². The maximum absolute atomic E-state index is 10.9. The molecule has 1 N–H and O–H groups in total. The Morgan fingerprint density at radius 3 is 2.39 bits per heavy atom. The molecule has 18 heavy (non-hydrogen) atoms. The van der Waals surface area contributed by atoms with Crippen LogP contribution >= 0.6 is 27.5 Å². The second-order valence-electron chi connectivity index (χ2n) is 3.83. The number of carbonyl (C=O) groups is 1. The van der Waals surface area contributed by atoms with Crippen LogP contribution in [0.4, 0.5) is 0 Å². The molecule has 92 valence electrons. The molecule has 0 heterocycles. The zero-order valence-corrected chi connectivity index (χ0v) is 11.7. The van der Waals surface area contributed by atoms with E-state index in [2.05, 4.69) is 15.9 Å². The first-order chi connectivity index (χ1) is 8.61. The van der Waals surface area contributed by atoms with Crippen molar-refractivity contribution in [1.82, 2.24) is 0 Å². The Morgan fingerprint density at radius 1 is 1.17 bits per heavy atom. The maximum Gasteiger partial charge on any atom is 0.335 e. The lowest BCUT2D eigenvalue weighted by Crippen LogP contribution is -1.96. The van der Waals surface area contributed by atoms with Crippen molar-refractivity contribution >= 4 is 33.5 Å². The van der Waals surface area contributed by atoms with Crippen LogP contribution in [0.2, 0.25) is 5.02 Å². The summed E-state index contributed by atoms with van der Waals surface area (Å²) in [5, 5.41) is 10.3. The Morgan fingerprint density at radius 2 is 1.83 bits per heavy atom. The predicted molar refractivity (Wildman–Crippen MR) is 76.5 cm³/mol. The number of rotatable bonds is 3. The minimum absolute atomic E-state index is 0.235. The molecule has 2 rings (SSSR count).